The van der Waals surface area contributed by atoms with Gasteiger partial charge in [-0.1, -0.05) is 59.3 Å². The third-order valence-electron chi connectivity index (χ3n) is 4.35. The fraction of sp³-hybridized carbons (Fsp3) is 0.0435. The molecule has 8 heteroatoms. The molecule has 0 bridgehead atoms. The van der Waals surface area contributed by atoms with Crippen LogP contribution in [0.1, 0.15) is 20.9 Å². The highest BCUT2D eigenvalue weighted by molar-refractivity contribution is 7.11. The number of hydrogen-bond donors (Lipinski definition) is 0. The van der Waals surface area contributed by atoms with Gasteiger partial charge in [-0.05, 0) is 42.5 Å². The minimum absolute atomic E-state index is 0.200. The fourth-order valence-corrected chi connectivity index (χ4v) is 3.77. The largest absolute Gasteiger partial charge is 0.497 e. The van der Waals surface area contributed by atoms with E-state index >= 15 is 0 Å². The molecule has 1 heterocycles. The highest BCUT2D eigenvalue weighted by Gasteiger charge is 2.16. The van der Waals surface area contributed by atoms with Crippen LogP contribution in [0.15, 0.2) is 89.1 Å². The highest BCUT2D eigenvalue weighted by atomic mass is 35.5. The lowest BCUT2D eigenvalue weighted by Crippen LogP contribution is -2.14. The Bertz CT molecular complexity index is 1300. The van der Waals surface area contributed by atoms with Crippen molar-refractivity contribution in [3.63, 3.8) is 0 Å². The van der Waals surface area contributed by atoms with Crippen LogP contribution in [0.4, 0.5) is 0 Å². The first-order valence-corrected chi connectivity index (χ1v) is 10.5. The fourth-order valence-electron chi connectivity index (χ4n) is 2.76. The molecule has 0 aliphatic heterocycles. The van der Waals surface area contributed by atoms with Gasteiger partial charge in [0.1, 0.15) is 5.75 Å². The molecule has 0 aliphatic carbocycles. The molecule has 154 valence electrons. The number of ketones is 1. The lowest BCUT2D eigenvalue weighted by Gasteiger charge is -2.01. The summed E-state index contributed by atoms with van der Waals surface area (Å²) in [6.45, 7) is 0. The average Bonchev–Trinajstić information content (AvgIpc) is 3.24. The Balaban J connectivity index is 1.74. The number of nitrogens with zero attached hydrogens (tertiary/aromatic N) is 4. The van der Waals surface area contributed by atoms with Gasteiger partial charge in [-0.25, -0.2) is 4.68 Å². The van der Waals surface area contributed by atoms with Gasteiger partial charge in [0.2, 0.25) is 10.6 Å². The van der Waals surface area contributed by atoms with E-state index in [4.69, 9.17) is 16.3 Å². The lowest BCUT2D eigenvalue weighted by molar-refractivity contribution is 0.103. The third-order valence-corrected chi connectivity index (χ3v) is 5.59. The molecule has 0 spiro atoms. The summed E-state index contributed by atoms with van der Waals surface area (Å²) in [5, 5.41) is 13.9. The molecule has 0 unspecified atom stereocenters. The molecular weight excluding hydrogens is 432 g/mol. The Morgan fingerprint density at radius 3 is 2.45 bits per heavy atom. The molecule has 0 fully saturated rings. The molecule has 0 N–H and O–H groups in total. The molecular formula is C23H17ClN4O2S. The lowest BCUT2D eigenvalue weighted by atomic mass is 10.1. The number of benzene rings is 3. The second-order valence-corrected chi connectivity index (χ2v) is 7.72. The molecule has 0 amide bonds. The predicted molar refractivity (Wildman–Crippen MR) is 122 cm³/mol. The molecule has 1 aromatic heterocycles. The van der Waals surface area contributed by atoms with Crippen LogP contribution in [0.5, 0.6) is 5.75 Å². The van der Waals surface area contributed by atoms with E-state index in [-0.39, 0.29) is 5.78 Å². The van der Waals surface area contributed by atoms with Crippen molar-refractivity contribution in [2.75, 3.05) is 7.11 Å². The Kier molecular flexibility index (Phi) is 6.35. The van der Waals surface area contributed by atoms with Gasteiger partial charge >= 0.3 is 0 Å². The Hall–Kier alpha value is -3.55. The maximum atomic E-state index is 13.0. The van der Waals surface area contributed by atoms with Gasteiger partial charge in [0.15, 0.2) is 5.01 Å². The summed E-state index contributed by atoms with van der Waals surface area (Å²) in [4.78, 5) is 13.4. The van der Waals surface area contributed by atoms with E-state index in [9.17, 15) is 4.79 Å². The zero-order valence-corrected chi connectivity index (χ0v) is 18.0. The number of hydrogen-bond acceptors (Lipinski definition) is 6. The second kappa shape index (κ2) is 9.51. The van der Waals surface area contributed by atoms with E-state index in [1.54, 1.807) is 48.3 Å². The van der Waals surface area contributed by atoms with Crippen molar-refractivity contribution in [3.05, 3.63) is 105 Å². The van der Waals surface area contributed by atoms with Gasteiger partial charge < -0.3 is 4.74 Å². The van der Waals surface area contributed by atoms with Crippen LogP contribution < -0.4 is 9.54 Å². The van der Waals surface area contributed by atoms with E-state index in [1.807, 2.05) is 48.5 Å². The summed E-state index contributed by atoms with van der Waals surface area (Å²) in [6, 6.07) is 23.7. The Labute approximate surface area is 187 Å². The molecule has 0 saturated heterocycles. The first kappa shape index (κ1) is 20.7. The number of carbonyl (C=O) groups is 1. The van der Waals surface area contributed by atoms with Crippen molar-refractivity contribution < 1.29 is 9.53 Å². The van der Waals surface area contributed by atoms with Crippen LogP contribution in [-0.4, -0.2) is 28.9 Å². The molecule has 0 aliphatic rings. The maximum absolute atomic E-state index is 13.0. The number of para-hydroxylation sites is 1. The topological polar surface area (TPSA) is 68.8 Å². The summed E-state index contributed by atoms with van der Waals surface area (Å²) in [7, 11) is 1.58. The first-order valence-electron chi connectivity index (χ1n) is 9.31. The average molecular weight is 449 g/mol. The minimum Gasteiger partial charge on any atom is -0.497 e. The van der Waals surface area contributed by atoms with E-state index in [0.29, 0.717) is 26.1 Å². The van der Waals surface area contributed by atoms with Crippen LogP contribution in [-0.2, 0) is 0 Å². The SMILES string of the molecule is COc1ccc(C(=O)c2nn(-c3ccccc3)/c(=N/N=C\c3ccccc3Cl)s2)cc1. The van der Waals surface area contributed by atoms with Crippen LogP contribution in [0.3, 0.4) is 0 Å². The second-order valence-electron chi connectivity index (χ2n) is 6.36. The van der Waals surface area contributed by atoms with Gasteiger partial charge in [-0.3, -0.25) is 4.79 Å². The van der Waals surface area contributed by atoms with E-state index in [0.717, 1.165) is 22.6 Å². The van der Waals surface area contributed by atoms with Gasteiger partial charge in [0, 0.05) is 16.1 Å². The molecule has 4 aromatic rings. The van der Waals surface area contributed by atoms with E-state index in [1.165, 1.54) is 0 Å². The van der Waals surface area contributed by atoms with Gasteiger partial charge in [0.25, 0.3) is 0 Å². The van der Waals surface area contributed by atoms with Crippen LogP contribution in [0, 0.1) is 0 Å². The van der Waals surface area contributed by atoms with Crippen molar-refractivity contribution >= 4 is 34.9 Å². The number of aromatic nitrogens is 2. The van der Waals surface area contributed by atoms with Crippen molar-refractivity contribution in [1.82, 2.24) is 9.78 Å². The van der Waals surface area contributed by atoms with Crippen LogP contribution in [0.2, 0.25) is 5.02 Å². The first-order chi connectivity index (χ1) is 15.2. The van der Waals surface area contributed by atoms with Crippen molar-refractivity contribution in [1.29, 1.82) is 0 Å². The molecule has 0 atom stereocenters. The highest BCUT2D eigenvalue weighted by Crippen LogP contribution is 2.16. The van der Waals surface area contributed by atoms with Gasteiger partial charge in [-0.2, -0.15) is 10.2 Å². The van der Waals surface area contributed by atoms with Crippen molar-refractivity contribution in [2.45, 2.75) is 0 Å². The standard InChI is InChI=1S/C23H17ClN4O2S/c1-30-19-13-11-16(12-14-19)21(29)22-27-28(18-8-3-2-4-9-18)23(31-22)26-25-15-17-7-5-6-10-20(17)24/h2-15H,1H3/b25-15-,26-23-. The number of methoxy groups -OCH3 is 1. The molecule has 3 aromatic carbocycles. The summed E-state index contributed by atoms with van der Waals surface area (Å²) in [6.07, 6.45) is 1.57. The van der Waals surface area contributed by atoms with Crippen molar-refractivity contribution in [3.8, 4) is 11.4 Å². The summed E-state index contributed by atoms with van der Waals surface area (Å²) in [5.41, 5.74) is 2.04. The smallest absolute Gasteiger partial charge is 0.233 e. The van der Waals surface area contributed by atoms with E-state index in [2.05, 4.69) is 15.3 Å². The number of halogens is 1. The third kappa shape index (κ3) is 4.79. The predicted octanol–water partition coefficient (Wildman–Crippen LogP) is 4.76. The molecule has 4 rings (SSSR count). The molecule has 0 radical (unpaired) electrons. The van der Waals surface area contributed by atoms with E-state index < -0.39 is 0 Å². The van der Waals surface area contributed by atoms with Crippen LogP contribution >= 0.6 is 22.9 Å². The molecule has 0 saturated carbocycles. The molecule has 31 heavy (non-hydrogen) atoms. The minimum atomic E-state index is -0.200. The monoisotopic (exact) mass is 448 g/mol. The number of ether oxygens (including phenoxy) is 1. The Morgan fingerprint density at radius 1 is 1.03 bits per heavy atom. The normalized spacial score (nSPS) is 11.7. The zero-order valence-electron chi connectivity index (χ0n) is 16.5. The van der Waals surface area contributed by atoms with Gasteiger partial charge in [-0.15, -0.1) is 5.10 Å². The Morgan fingerprint density at radius 2 is 1.74 bits per heavy atom. The van der Waals surface area contributed by atoms with Gasteiger partial charge in [0.05, 0.1) is 19.0 Å². The van der Waals surface area contributed by atoms with Crippen LogP contribution in [0.25, 0.3) is 5.69 Å². The molecule has 6 nitrogen and oxygen atoms in total. The van der Waals surface area contributed by atoms with Crippen molar-refractivity contribution in [2.24, 2.45) is 10.2 Å². The number of carbonyl (C=O) groups excluding carboxylic acids is 1. The zero-order chi connectivity index (χ0) is 21.6. The summed E-state index contributed by atoms with van der Waals surface area (Å²) >= 11 is 7.33. The summed E-state index contributed by atoms with van der Waals surface area (Å²) in [5.74, 6) is 0.480. The number of rotatable bonds is 6. The quantitative estimate of drug-likeness (QED) is 0.242. The summed E-state index contributed by atoms with van der Waals surface area (Å²) < 4.78 is 6.76. The maximum Gasteiger partial charge on any atom is 0.233 e.